The Labute approximate surface area is 117 Å². The number of anilines is 1. The van der Waals surface area contributed by atoms with Gasteiger partial charge in [-0.2, -0.15) is 0 Å². The SMILES string of the molecule is CCCS(=O)(=O)Nc1ccc(OC(F)(F)F)c(Br)c1. The van der Waals surface area contributed by atoms with Crippen LogP contribution in [0.1, 0.15) is 13.3 Å². The maximum atomic E-state index is 12.0. The number of halogens is 4. The molecule has 0 saturated heterocycles. The molecular formula is C10H11BrF3NO3S. The molecule has 108 valence electrons. The summed E-state index contributed by atoms with van der Waals surface area (Å²) in [4.78, 5) is 0. The standard InChI is InChI=1S/C10H11BrF3NO3S/c1-2-5-19(16,17)15-7-3-4-9(8(11)6-7)18-10(12,13)14/h3-4,6,15H,2,5H2,1H3. The van der Waals surface area contributed by atoms with Crippen molar-refractivity contribution < 1.29 is 26.3 Å². The smallest absolute Gasteiger partial charge is 0.405 e. The lowest BCUT2D eigenvalue weighted by atomic mass is 10.3. The summed E-state index contributed by atoms with van der Waals surface area (Å²) in [7, 11) is -3.48. The molecule has 0 aliphatic rings. The van der Waals surface area contributed by atoms with Crippen LogP contribution in [-0.2, 0) is 10.0 Å². The molecule has 1 aromatic carbocycles. The van der Waals surface area contributed by atoms with Gasteiger partial charge in [0.05, 0.1) is 10.2 Å². The van der Waals surface area contributed by atoms with Gasteiger partial charge in [-0.1, -0.05) is 6.92 Å². The fraction of sp³-hybridized carbons (Fsp3) is 0.400. The molecule has 1 N–H and O–H groups in total. The van der Waals surface area contributed by atoms with E-state index in [9.17, 15) is 21.6 Å². The fourth-order valence-corrected chi connectivity index (χ4v) is 2.86. The predicted octanol–water partition coefficient (Wildman–Crippen LogP) is 3.50. The third kappa shape index (κ3) is 5.68. The molecule has 0 amide bonds. The highest BCUT2D eigenvalue weighted by Crippen LogP contribution is 2.32. The molecule has 4 nitrogen and oxygen atoms in total. The van der Waals surface area contributed by atoms with E-state index in [2.05, 4.69) is 25.4 Å². The van der Waals surface area contributed by atoms with Crippen LogP contribution in [-0.4, -0.2) is 20.5 Å². The first-order chi connectivity index (χ1) is 8.63. The number of sulfonamides is 1. The first-order valence-electron chi connectivity index (χ1n) is 5.19. The summed E-state index contributed by atoms with van der Waals surface area (Å²) in [5, 5.41) is 0. The van der Waals surface area contributed by atoms with Crippen molar-refractivity contribution in [2.45, 2.75) is 19.7 Å². The zero-order valence-electron chi connectivity index (χ0n) is 9.79. The molecule has 1 aromatic rings. The minimum absolute atomic E-state index is 0.00141. The van der Waals surface area contributed by atoms with Gasteiger partial charge >= 0.3 is 6.36 Å². The molecule has 0 atom stereocenters. The first-order valence-corrected chi connectivity index (χ1v) is 7.63. The normalized spacial score (nSPS) is 12.3. The maximum absolute atomic E-state index is 12.0. The largest absolute Gasteiger partial charge is 0.573 e. The van der Waals surface area contributed by atoms with Crippen LogP contribution in [0.15, 0.2) is 22.7 Å². The van der Waals surface area contributed by atoms with Crippen molar-refractivity contribution in [3.8, 4) is 5.75 Å². The molecule has 0 fully saturated rings. The van der Waals surface area contributed by atoms with Gasteiger partial charge in [-0.25, -0.2) is 8.42 Å². The highest BCUT2D eigenvalue weighted by molar-refractivity contribution is 9.10. The number of hydrogen-bond acceptors (Lipinski definition) is 3. The van der Waals surface area contributed by atoms with E-state index in [1.165, 1.54) is 12.1 Å². The Balaban J connectivity index is 2.89. The van der Waals surface area contributed by atoms with Gasteiger partial charge in [0.15, 0.2) is 0 Å². The Morgan fingerprint density at radius 2 is 2.00 bits per heavy atom. The number of rotatable bonds is 5. The fourth-order valence-electron chi connectivity index (χ4n) is 1.27. The average molecular weight is 362 g/mol. The molecule has 0 aliphatic heterocycles. The van der Waals surface area contributed by atoms with Gasteiger partial charge in [0.2, 0.25) is 10.0 Å². The summed E-state index contributed by atoms with van der Waals surface area (Å²) in [6.07, 6.45) is -4.36. The van der Waals surface area contributed by atoms with Crippen molar-refractivity contribution >= 4 is 31.6 Å². The monoisotopic (exact) mass is 361 g/mol. The molecule has 19 heavy (non-hydrogen) atoms. The Morgan fingerprint density at radius 1 is 1.37 bits per heavy atom. The van der Waals surface area contributed by atoms with Gasteiger partial charge < -0.3 is 4.74 Å². The molecule has 0 aliphatic carbocycles. The Hall–Kier alpha value is -0.960. The number of hydrogen-bond donors (Lipinski definition) is 1. The molecule has 0 aromatic heterocycles. The Bertz CT molecular complexity index is 545. The van der Waals surface area contributed by atoms with Crippen LogP contribution in [0.4, 0.5) is 18.9 Å². The van der Waals surface area contributed by atoms with E-state index in [-0.39, 0.29) is 15.9 Å². The van der Waals surface area contributed by atoms with Crippen LogP contribution in [0.2, 0.25) is 0 Å². The van der Waals surface area contributed by atoms with Gasteiger partial charge in [-0.3, -0.25) is 4.72 Å². The number of nitrogens with one attached hydrogen (secondary N) is 1. The second kappa shape index (κ2) is 6.00. The topological polar surface area (TPSA) is 55.4 Å². The van der Waals surface area contributed by atoms with E-state index >= 15 is 0 Å². The van der Waals surface area contributed by atoms with Crippen molar-refractivity contribution in [3.63, 3.8) is 0 Å². The van der Waals surface area contributed by atoms with Crippen LogP contribution >= 0.6 is 15.9 Å². The van der Waals surface area contributed by atoms with Crippen LogP contribution in [0.25, 0.3) is 0 Å². The molecule has 0 spiro atoms. The zero-order chi connectivity index (χ0) is 14.7. The van der Waals surface area contributed by atoms with Crippen LogP contribution in [0.3, 0.4) is 0 Å². The van der Waals surface area contributed by atoms with E-state index in [4.69, 9.17) is 0 Å². The zero-order valence-corrected chi connectivity index (χ0v) is 12.2. The quantitative estimate of drug-likeness (QED) is 0.872. The number of benzene rings is 1. The molecular weight excluding hydrogens is 351 g/mol. The lowest BCUT2D eigenvalue weighted by Gasteiger charge is -2.12. The Morgan fingerprint density at radius 3 is 2.47 bits per heavy atom. The second-order valence-electron chi connectivity index (χ2n) is 3.61. The molecule has 0 saturated carbocycles. The maximum Gasteiger partial charge on any atom is 0.573 e. The van der Waals surface area contributed by atoms with Crippen molar-refractivity contribution in [1.29, 1.82) is 0 Å². The molecule has 1 rings (SSSR count). The van der Waals surface area contributed by atoms with Gasteiger partial charge in [-0.05, 0) is 40.5 Å². The van der Waals surface area contributed by atoms with Gasteiger partial charge in [-0.15, -0.1) is 13.2 Å². The summed E-state index contributed by atoms with van der Waals surface area (Å²) >= 11 is 2.89. The second-order valence-corrected chi connectivity index (χ2v) is 6.31. The summed E-state index contributed by atoms with van der Waals surface area (Å²) in [5.41, 5.74) is 0.162. The van der Waals surface area contributed by atoms with E-state index < -0.39 is 22.1 Å². The van der Waals surface area contributed by atoms with Gasteiger partial charge in [0.1, 0.15) is 5.75 Å². The van der Waals surface area contributed by atoms with Gasteiger partial charge in [0, 0.05) is 5.69 Å². The van der Waals surface area contributed by atoms with E-state index in [1.54, 1.807) is 6.92 Å². The minimum atomic E-state index is -4.80. The van der Waals surface area contributed by atoms with E-state index in [0.29, 0.717) is 6.42 Å². The summed E-state index contributed by atoms with van der Waals surface area (Å²) in [5.74, 6) is -0.503. The summed E-state index contributed by atoms with van der Waals surface area (Å²) in [6, 6.07) is 3.43. The third-order valence-corrected chi connectivity index (χ3v) is 4.02. The highest BCUT2D eigenvalue weighted by atomic mass is 79.9. The lowest BCUT2D eigenvalue weighted by molar-refractivity contribution is -0.274. The molecule has 0 heterocycles. The molecule has 0 bridgehead atoms. The van der Waals surface area contributed by atoms with E-state index in [0.717, 1.165) is 6.07 Å². The minimum Gasteiger partial charge on any atom is -0.405 e. The van der Waals surface area contributed by atoms with Crippen molar-refractivity contribution in [3.05, 3.63) is 22.7 Å². The van der Waals surface area contributed by atoms with Crippen molar-refractivity contribution in [2.75, 3.05) is 10.5 Å². The van der Waals surface area contributed by atoms with Crippen LogP contribution < -0.4 is 9.46 Å². The first kappa shape index (κ1) is 16.1. The molecule has 0 radical (unpaired) electrons. The highest BCUT2D eigenvalue weighted by Gasteiger charge is 2.32. The molecule has 9 heteroatoms. The third-order valence-electron chi connectivity index (χ3n) is 1.90. The summed E-state index contributed by atoms with van der Waals surface area (Å²) < 4.78 is 65.1. The van der Waals surface area contributed by atoms with Crippen LogP contribution in [0.5, 0.6) is 5.75 Å². The van der Waals surface area contributed by atoms with E-state index in [1.807, 2.05) is 0 Å². The van der Waals surface area contributed by atoms with Crippen molar-refractivity contribution in [2.24, 2.45) is 0 Å². The molecule has 0 unspecified atom stereocenters. The average Bonchev–Trinajstić information content (AvgIpc) is 2.19. The van der Waals surface area contributed by atoms with Gasteiger partial charge in [0.25, 0.3) is 0 Å². The summed E-state index contributed by atoms with van der Waals surface area (Å²) in [6.45, 7) is 1.70. The Kier molecular flexibility index (Phi) is 5.08. The van der Waals surface area contributed by atoms with Crippen LogP contribution in [0, 0.1) is 0 Å². The van der Waals surface area contributed by atoms with Crippen molar-refractivity contribution in [1.82, 2.24) is 0 Å². The predicted molar refractivity (Wildman–Crippen MR) is 68.5 cm³/mol. The number of alkyl halides is 3. The number of ether oxygens (including phenoxy) is 1. The lowest BCUT2D eigenvalue weighted by Crippen LogP contribution is -2.18.